The third kappa shape index (κ3) is 1.98. The van der Waals surface area contributed by atoms with Crippen molar-refractivity contribution >= 4 is 5.69 Å². The molecule has 0 fully saturated rings. The number of aromatic hydroxyl groups is 1. The van der Waals surface area contributed by atoms with Crippen molar-refractivity contribution in [3.63, 3.8) is 0 Å². The third-order valence-corrected chi connectivity index (χ3v) is 1.87. The molecule has 1 rings (SSSR count). The Bertz CT molecular complexity index is 353. The normalized spacial score (nSPS) is 12.4. The topological polar surface area (TPSA) is 98.6 Å². The van der Waals surface area contributed by atoms with Crippen LogP contribution >= 0.6 is 0 Å². The van der Waals surface area contributed by atoms with Gasteiger partial charge in [-0.05, 0) is 24.6 Å². The van der Waals surface area contributed by atoms with Gasteiger partial charge in [0.05, 0.1) is 4.92 Å². The number of nitrogens with two attached hydrogens (primary N) is 1. The zero-order valence-electron chi connectivity index (χ0n) is 7.51. The van der Waals surface area contributed by atoms with Gasteiger partial charge in [0.15, 0.2) is 5.75 Å². The van der Waals surface area contributed by atoms with Crippen molar-refractivity contribution < 1.29 is 14.9 Å². The van der Waals surface area contributed by atoms with Gasteiger partial charge in [0, 0.05) is 6.07 Å². The monoisotopic (exact) mass is 198 g/mol. The molecule has 0 aliphatic heterocycles. The number of hydrogen-bond acceptors (Lipinski definition) is 5. The van der Waals surface area contributed by atoms with Gasteiger partial charge in [-0.2, -0.15) is 0 Å². The Morgan fingerprint density at radius 1 is 1.64 bits per heavy atom. The molecule has 3 N–H and O–H groups in total. The smallest absolute Gasteiger partial charge is 0.310 e. The minimum absolute atomic E-state index is 0.335. The zero-order chi connectivity index (χ0) is 10.7. The van der Waals surface area contributed by atoms with E-state index in [2.05, 4.69) is 4.84 Å². The number of phenolic OH excluding ortho intramolecular Hbond substituents is 1. The lowest BCUT2D eigenvalue weighted by Gasteiger charge is -2.08. The lowest BCUT2D eigenvalue weighted by Crippen LogP contribution is -2.05. The molecule has 0 aliphatic rings. The van der Waals surface area contributed by atoms with Crippen LogP contribution in [0, 0.1) is 10.1 Å². The van der Waals surface area contributed by atoms with E-state index in [-0.39, 0.29) is 5.69 Å². The Labute approximate surface area is 80.0 Å². The SMILES string of the molecule is CC(ON)c1ccc([N+](=O)[O-])c(O)c1. The summed E-state index contributed by atoms with van der Waals surface area (Å²) < 4.78 is 0. The molecule has 0 saturated carbocycles. The quantitative estimate of drug-likeness (QED) is 0.562. The summed E-state index contributed by atoms with van der Waals surface area (Å²) in [7, 11) is 0. The molecule has 0 saturated heterocycles. The first-order valence-corrected chi connectivity index (χ1v) is 3.89. The molecule has 0 radical (unpaired) electrons. The van der Waals surface area contributed by atoms with Gasteiger partial charge >= 0.3 is 5.69 Å². The summed E-state index contributed by atoms with van der Waals surface area (Å²) in [5, 5.41) is 19.6. The molecule has 0 amide bonds. The number of nitrogens with zero attached hydrogens (tertiary/aromatic N) is 1. The van der Waals surface area contributed by atoms with Crippen LogP contribution in [0.25, 0.3) is 0 Å². The van der Waals surface area contributed by atoms with Gasteiger partial charge in [0.1, 0.15) is 6.10 Å². The number of nitro benzene ring substituents is 1. The van der Waals surface area contributed by atoms with Crippen LogP contribution in [0.4, 0.5) is 5.69 Å². The van der Waals surface area contributed by atoms with Gasteiger partial charge in [-0.1, -0.05) is 0 Å². The largest absolute Gasteiger partial charge is 0.502 e. The van der Waals surface area contributed by atoms with Crippen LogP contribution in [-0.4, -0.2) is 10.0 Å². The fourth-order valence-electron chi connectivity index (χ4n) is 1.03. The maximum Gasteiger partial charge on any atom is 0.310 e. The van der Waals surface area contributed by atoms with Crippen LogP contribution in [0.1, 0.15) is 18.6 Å². The first-order valence-electron chi connectivity index (χ1n) is 3.89. The molecule has 0 spiro atoms. The minimum Gasteiger partial charge on any atom is -0.502 e. The number of rotatable bonds is 3. The summed E-state index contributed by atoms with van der Waals surface area (Å²) >= 11 is 0. The third-order valence-electron chi connectivity index (χ3n) is 1.87. The second-order valence-electron chi connectivity index (χ2n) is 2.78. The van der Waals surface area contributed by atoms with Crippen LogP contribution in [0.15, 0.2) is 18.2 Å². The molecule has 0 aromatic heterocycles. The van der Waals surface area contributed by atoms with E-state index in [1.807, 2.05) is 0 Å². The fraction of sp³-hybridized carbons (Fsp3) is 0.250. The highest BCUT2D eigenvalue weighted by molar-refractivity contribution is 5.47. The molecule has 6 heteroatoms. The Morgan fingerprint density at radius 2 is 2.29 bits per heavy atom. The molecule has 1 aromatic rings. The fourth-order valence-corrected chi connectivity index (χ4v) is 1.03. The van der Waals surface area contributed by atoms with Gasteiger partial charge < -0.3 is 5.11 Å². The minimum atomic E-state index is -0.660. The molecule has 1 unspecified atom stereocenters. The van der Waals surface area contributed by atoms with E-state index in [1.54, 1.807) is 6.92 Å². The number of phenols is 1. The molecule has 1 aromatic carbocycles. The summed E-state index contributed by atoms with van der Waals surface area (Å²) in [5.74, 6) is 4.54. The average Bonchev–Trinajstić information content (AvgIpc) is 2.15. The van der Waals surface area contributed by atoms with Crippen molar-refractivity contribution in [2.24, 2.45) is 5.90 Å². The molecule has 76 valence electrons. The standard InChI is InChI=1S/C8H10N2O4/c1-5(14-9)6-2-3-7(10(12)13)8(11)4-6/h2-5,11H,9H2,1H3. The van der Waals surface area contributed by atoms with Gasteiger partial charge in [-0.15, -0.1) is 0 Å². The van der Waals surface area contributed by atoms with E-state index in [9.17, 15) is 15.2 Å². The Kier molecular flexibility index (Phi) is 3.00. The Hall–Kier alpha value is -1.66. The molecule has 0 aliphatic carbocycles. The van der Waals surface area contributed by atoms with E-state index >= 15 is 0 Å². The van der Waals surface area contributed by atoms with Crippen LogP contribution < -0.4 is 5.90 Å². The number of benzene rings is 1. The molecule has 6 nitrogen and oxygen atoms in total. The van der Waals surface area contributed by atoms with Crippen molar-refractivity contribution in [3.8, 4) is 5.75 Å². The van der Waals surface area contributed by atoms with E-state index in [1.165, 1.54) is 18.2 Å². The predicted octanol–water partition coefficient (Wildman–Crippen LogP) is 1.25. The maximum absolute atomic E-state index is 10.4. The number of nitro groups is 1. The summed E-state index contributed by atoms with van der Waals surface area (Å²) in [6.07, 6.45) is -0.415. The van der Waals surface area contributed by atoms with Crippen LogP contribution in [-0.2, 0) is 4.84 Å². The first-order chi connectivity index (χ1) is 6.56. The van der Waals surface area contributed by atoms with E-state index < -0.39 is 16.8 Å². The predicted molar refractivity (Wildman–Crippen MR) is 48.4 cm³/mol. The maximum atomic E-state index is 10.4. The van der Waals surface area contributed by atoms with Crippen molar-refractivity contribution in [1.82, 2.24) is 0 Å². The summed E-state index contributed by atoms with van der Waals surface area (Å²) in [4.78, 5) is 14.2. The van der Waals surface area contributed by atoms with Crippen molar-refractivity contribution in [2.75, 3.05) is 0 Å². The summed E-state index contributed by atoms with van der Waals surface area (Å²) in [5.41, 5.74) is 0.244. The first kappa shape index (κ1) is 10.4. The number of hydrogen-bond donors (Lipinski definition) is 2. The second-order valence-corrected chi connectivity index (χ2v) is 2.78. The van der Waals surface area contributed by atoms with E-state index in [0.29, 0.717) is 5.56 Å². The van der Waals surface area contributed by atoms with E-state index in [4.69, 9.17) is 5.90 Å². The van der Waals surface area contributed by atoms with Crippen molar-refractivity contribution in [1.29, 1.82) is 0 Å². The lowest BCUT2D eigenvalue weighted by atomic mass is 10.1. The molecular weight excluding hydrogens is 188 g/mol. The highest BCUT2D eigenvalue weighted by Crippen LogP contribution is 2.29. The molecular formula is C8H10N2O4. The Morgan fingerprint density at radius 3 is 2.71 bits per heavy atom. The molecule has 1 atom stereocenters. The molecule has 0 heterocycles. The molecule has 0 bridgehead atoms. The highest BCUT2D eigenvalue weighted by atomic mass is 16.6. The summed E-state index contributed by atoms with van der Waals surface area (Å²) in [6.45, 7) is 1.67. The summed E-state index contributed by atoms with van der Waals surface area (Å²) in [6, 6.07) is 3.95. The van der Waals surface area contributed by atoms with Crippen molar-refractivity contribution in [3.05, 3.63) is 33.9 Å². The second kappa shape index (κ2) is 4.03. The van der Waals surface area contributed by atoms with Gasteiger partial charge in [0.2, 0.25) is 0 Å². The van der Waals surface area contributed by atoms with Gasteiger partial charge in [-0.3, -0.25) is 15.0 Å². The Balaban J connectivity index is 3.06. The van der Waals surface area contributed by atoms with Crippen LogP contribution in [0.2, 0.25) is 0 Å². The lowest BCUT2D eigenvalue weighted by molar-refractivity contribution is -0.385. The van der Waals surface area contributed by atoms with Gasteiger partial charge in [-0.25, -0.2) is 5.90 Å². The highest BCUT2D eigenvalue weighted by Gasteiger charge is 2.15. The van der Waals surface area contributed by atoms with Crippen molar-refractivity contribution in [2.45, 2.75) is 13.0 Å². The molecule has 14 heavy (non-hydrogen) atoms. The van der Waals surface area contributed by atoms with Crippen LogP contribution in [0.5, 0.6) is 5.75 Å². The van der Waals surface area contributed by atoms with Gasteiger partial charge in [0.25, 0.3) is 0 Å². The van der Waals surface area contributed by atoms with E-state index in [0.717, 1.165) is 0 Å². The average molecular weight is 198 g/mol. The van der Waals surface area contributed by atoms with Crippen LogP contribution in [0.3, 0.4) is 0 Å². The zero-order valence-corrected chi connectivity index (χ0v) is 7.51.